The SMILES string of the molecule is CC(C)C(C(=O)Nc1ccc(N2CCOCC2)cc1)N(Cc1ccccc1)C(=O)Cn1nnc2ccccc21. The van der Waals surface area contributed by atoms with Gasteiger partial charge in [-0.25, -0.2) is 4.68 Å². The minimum absolute atomic E-state index is 0.0158. The van der Waals surface area contributed by atoms with E-state index in [0.717, 1.165) is 35.4 Å². The molecule has 3 aromatic carbocycles. The molecule has 1 fully saturated rings. The van der Waals surface area contributed by atoms with Gasteiger partial charge in [-0.3, -0.25) is 9.59 Å². The molecule has 2 amide bonds. The number of carbonyl (C=O) groups excluding carboxylic acids is 2. The predicted molar refractivity (Wildman–Crippen MR) is 151 cm³/mol. The van der Waals surface area contributed by atoms with Gasteiger partial charge in [0.25, 0.3) is 0 Å². The Morgan fingerprint density at radius 2 is 1.64 bits per heavy atom. The number of benzene rings is 3. The number of hydrogen-bond acceptors (Lipinski definition) is 6. The number of nitrogens with one attached hydrogen (secondary N) is 1. The average Bonchev–Trinajstić information content (AvgIpc) is 3.36. The Morgan fingerprint density at radius 1 is 0.949 bits per heavy atom. The van der Waals surface area contributed by atoms with Crippen molar-refractivity contribution in [1.29, 1.82) is 0 Å². The number of morpholine rings is 1. The van der Waals surface area contributed by atoms with Crippen LogP contribution in [0.4, 0.5) is 11.4 Å². The zero-order chi connectivity index (χ0) is 27.2. The molecule has 1 saturated heterocycles. The summed E-state index contributed by atoms with van der Waals surface area (Å²) in [6.07, 6.45) is 0. The first-order valence-corrected chi connectivity index (χ1v) is 13.3. The normalized spacial score (nSPS) is 14.4. The van der Waals surface area contributed by atoms with Crippen LogP contribution in [-0.4, -0.2) is 64.1 Å². The van der Waals surface area contributed by atoms with E-state index in [9.17, 15) is 9.59 Å². The van der Waals surface area contributed by atoms with E-state index >= 15 is 0 Å². The third kappa shape index (κ3) is 6.26. The molecule has 1 aliphatic rings. The molecular weight excluding hydrogens is 492 g/mol. The Morgan fingerprint density at radius 3 is 2.36 bits per heavy atom. The summed E-state index contributed by atoms with van der Waals surface area (Å²) in [6, 6.07) is 24.4. The molecule has 0 saturated carbocycles. The van der Waals surface area contributed by atoms with Gasteiger partial charge in [0.1, 0.15) is 18.1 Å². The Hall–Kier alpha value is -4.24. The quantitative estimate of drug-likeness (QED) is 0.355. The molecule has 9 heteroatoms. The highest BCUT2D eigenvalue weighted by molar-refractivity contribution is 5.97. The monoisotopic (exact) mass is 526 g/mol. The summed E-state index contributed by atoms with van der Waals surface area (Å²) in [5.74, 6) is -0.555. The summed E-state index contributed by atoms with van der Waals surface area (Å²) in [7, 11) is 0. The highest BCUT2D eigenvalue weighted by Crippen LogP contribution is 2.22. The van der Waals surface area contributed by atoms with Gasteiger partial charge < -0.3 is 19.9 Å². The van der Waals surface area contributed by atoms with Crippen molar-refractivity contribution in [3.8, 4) is 0 Å². The average molecular weight is 527 g/mol. The van der Waals surface area contributed by atoms with Gasteiger partial charge in [0, 0.05) is 31.0 Å². The molecule has 0 spiro atoms. The summed E-state index contributed by atoms with van der Waals surface area (Å²) in [5.41, 5.74) is 4.23. The Balaban J connectivity index is 1.37. The van der Waals surface area contributed by atoms with E-state index in [2.05, 4.69) is 20.5 Å². The number of ether oxygens (including phenoxy) is 1. The van der Waals surface area contributed by atoms with Crippen molar-refractivity contribution in [1.82, 2.24) is 19.9 Å². The summed E-state index contributed by atoms with van der Waals surface area (Å²) in [4.78, 5) is 31.5. The number of fused-ring (bicyclic) bond motifs is 1. The van der Waals surface area contributed by atoms with Crippen LogP contribution < -0.4 is 10.2 Å². The van der Waals surface area contributed by atoms with Gasteiger partial charge in [-0.15, -0.1) is 5.10 Å². The second-order valence-corrected chi connectivity index (χ2v) is 10.1. The standard InChI is InChI=1S/C30H34N6O3/c1-22(2)29(30(38)31-24-12-14-25(15-13-24)34-16-18-39-19-17-34)35(20-23-8-4-3-5-9-23)28(37)21-36-27-11-7-6-10-26(27)32-33-36/h3-15,22,29H,16-21H2,1-2H3,(H,31,38). The second-order valence-electron chi connectivity index (χ2n) is 10.1. The van der Waals surface area contributed by atoms with Crippen LogP contribution in [0, 0.1) is 5.92 Å². The lowest BCUT2D eigenvalue weighted by Gasteiger charge is -2.34. The summed E-state index contributed by atoms with van der Waals surface area (Å²) in [6.45, 7) is 7.33. The van der Waals surface area contributed by atoms with Crippen LogP contribution in [0.1, 0.15) is 19.4 Å². The van der Waals surface area contributed by atoms with Crippen molar-refractivity contribution in [2.45, 2.75) is 33.0 Å². The van der Waals surface area contributed by atoms with Gasteiger partial charge in [0.05, 0.1) is 18.7 Å². The molecule has 1 aromatic heterocycles. The first-order valence-electron chi connectivity index (χ1n) is 13.3. The number of rotatable bonds is 9. The van der Waals surface area contributed by atoms with Gasteiger partial charge in [0.15, 0.2) is 0 Å². The first kappa shape index (κ1) is 26.4. The maximum Gasteiger partial charge on any atom is 0.247 e. The van der Waals surface area contributed by atoms with E-state index in [1.165, 1.54) is 0 Å². The van der Waals surface area contributed by atoms with E-state index in [0.29, 0.717) is 25.4 Å². The topological polar surface area (TPSA) is 92.6 Å². The predicted octanol–water partition coefficient (Wildman–Crippen LogP) is 3.96. The molecule has 0 radical (unpaired) electrons. The van der Waals surface area contributed by atoms with E-state index < -0.39 is 6.04 Å². The van der Waals surface area contributed by atoms with Crippen molar-refractivity contribution in [3.05, 3.63) is 84.4 Å². The lowest BCUT2D eigenvalue weighted by atomic mass is 10.00. The molecule has 202 valence electrons. The number of aromatic nitrogens is 3. The van der Waals surface area contributed by atoms with Crippen LogP contribution in [0.3, 0.4) is 0 Å². The third-order valence-corrected chi connectivity index (χ3v) is 6.97. The largest absolute Gasteiger partial charge is 0.378 e. The van der Waals surface area contributed by atoms with Crippen LogP contribution in [-0.2, 0) is 27.4 Å². The highest BCUT2D eigenvalue weighted by atomic mass is 16.5. The summed E-state index contributed by atoms with van der Waals surface area (Å²) >= 11 is 0. The van der Waals surface area contributed by atoms with Gasteiger partial charge in [0.2, 0.25) is 11.8 Å². The maximum atomic E-state index is 13.8. The first-order chi connectivity index (χ1) is 19.0. The number of hydrogen-bond donors (Lipinski definition) is 1. The lowest BCUT2D eigenvalue weighted by Crippen LogP contribution is -2.50. The third-order valence-electron chi connectivity index (χ3n) is 6.97. The van der Waals surface area contributed by atoms with Crippen molar-refractivity contribution < 1.29 is 14.3 Å². The van der Waals surface area contributed by atoms with Crippen molar-refractivity contribution in [3.63, 3.8) is 0 Å². The van der Waals surface area contributed by atoms with Gasteiger partial charge in [-0.1, -0.05) is 61.5 Å². The molecule has 0 aliphatic carbocycles. The summed E-state index contributed by atoms with van der Waals surface area (Å²) < 4.78 is 7.04. The Labute approximate surface area is 228 Å². The van der Waals surface area contributed by atoms with E-state index in [-0.39, 0.29) is 24.3 Å². The number of carbonyl (C=O) groups is 2. The fraction of sp³-hybridized carbons (Fsp3) is 0.333. The minimum Gasteiger partial charge on any atom is -0.378 e. The molecule has 1 aliphatic heterocycles. The van der Waals surface area contributed by atoms with Crippen LogP contribution in [0.5, 0.6) is 0 Å². The fourth-order valence-corrected chi connectivity index (χ4v) is 4.97. The van der Waals surface area contributed by atoms with E-state index in [4.69, 9.17) is 4.74 Å². The fourth-order valence-electron chi connectivity index (χ4n) is 4.97. The minimum atomic E-state index is -0.689. The summed E-state index contributed by atoms with van der Waals surface area (Å²) in [5, 5.41) is 11.4. The van der Waals surface area contributed by atoms with E-state index in [1.807, 2.05) is 92.7 Å². The molecule has 1 atom stereocenters. The second kappa shape index (κ2) is 12.1. The molecule has 2 heterocycles. The van der Waals surface area contributed by atoms with Crippen LogP contribution in [0.25, 0.3) is 11.0 Å². The molecule has 1 unspecified atom stereocenters. The number of amides is 2. The maximum absolute atomic E-state index is 13.8. The van der Waals surface area contributed by atoms with Crippen molar-refractivity contribution in [2.75, 3.05) is 36.5 Å². The zero-order valence-electron chi connectivity index (χ0n) is 22.4. The smallest absolute Gasteiger partial charge is 0.247 e. The number of para-hydroxylation sites is 1. The molecule has 1 N–H and O–H groups in total. The lowest BCUT2D eigenvalue weighted by molar-refractivity contribution is -0.141. The van der Waals surface area contributed by atoms with E-state index in [1.54, 1.807) is 9.58 Å². The van der Waals surface area contributed by atoms with Crippen molar-refractivity contribution in [2.24, 2.45) is 5.92 Å². The number of nitrogens with zero attached hydrogens (tertiary/aromatic N) is 5. The molecule has 39 heavy (non-hydrogen) atoms. The number of anilines is 2. The highest BCUT2D eigenvalue weighted by Gasteiger charge is 2.33. The molecule has 5 rings (SSSR count). The van der Waals surface area contributed by atoms with Gasteiger partial charge in [-0.05, 0) is 47.9 Å². The zero-order valence-corrected chi connectivity index (χ0v) is 22.4. The van der Waals surface area contributed by atoms with Gasteiger partial charge >= 0.3 is 0 Å². The Kier molecular flexibility index (Phi) is 8.17. The van der Waals surface area contributed by atoms with Crippen LogP contribution >= 0.6 is 0 Å². The molecule has 0 bridgehead atoms. The molecular formula is C30H34N6O3. The van der Waals surface area contributed by atoms with Gasteiger partial charge in [-0.2, -0.15) is 0 Å². The Bertz CT molecular complexity index is 1400. The van der Waals surface area contributed by atoms with Crippen LogP contribution in [0.15, 0.2) is 78.9 Å². The molecule has 9 nitrogen and oxygen atoms in total. The van der Waals surface area contributed by atoms with Crippen molar-refractivity contribution >= 4 is 34.2 Å². The van der Waals surface area contributed by atoms with Crippen LogP contribution in [0.2, 0.25) is 0 Å². The molecule has 4 aromatic rings.